The van der Waals surface area contributed by atoms with E-state index in [-0.39, 0.29) is 34.3 Å². The average molecular weight is 378 g/mol. The van der Waals surface area contributed by atoms with Gasteiger partial charge in [0.25, 0.3) is 0 Å². The maximum atomic E-state index is 13.7. The van der Waals surface area contributed by atoms with Crippen molar-refractivity contribution in [3.05, 3.63) is 28.0 Å². The third-order valence-electron chi connectivity index (χ3n) is 3.55. The Morgan fingerprint density at radius 3 is 2.57 bits per heavy atom. The van der Waals surface area contributed by atoms with Gasteiger partial charge in [-0.05, 0) is 24.5 Å². The third-order valence-corrected chi connectivity index (χ3v) is 6.23. The van der Waals surface area contributed by atoms with Gasteiger partial charge in [0.05, 0.1) is 10.0 Å². The van der Waals surface area contributed by atoms with Gasteiger partial charge < -0.3 is 5.73 Å². The number of hydrogen-bond donors (Lipinski definition) is 1. The van der Waals surface area contributed by atoms with Crippen molar-refractivity contribution < 1.29 is 12.8 Å². The molecule has 2 rings (SSSR count). The summed E-state index contributed by atoms with van der Waals surface area (Å²) < 4.78 is 40.0. The van der Waals surface area contributed by atoms with Crippen LogP contribution in [-0.4, -0.2) is 31.9 Å². The number of benzene rings is 1. The zero-order chi connectivity index (χ0) is 15.1. The van der Waals surface area contributed by atoms with Gasteiger partial charge in [-0.2, -0.15) is 4.31 Å². The molecule has 2 unspecified atom stereocenters. The lowest BCUT2D eigenvalue weighted by atomic mass is 9.96. The first-order valence-electron chi connectivity index (χ1n) is 6.14. The van der Waals surface area contributed by atoms with E-state index in [1.165, 1.54) is 16.4 Å². The molecule has 1 aromatic carbocycles. The van der Waals surface area contributed by atoms with Gasteiger partial charge in [0, 0.05) is 19.1 Å². The van der Waals surface area contributed by atoms with Gasteiger partial charge in [0.15, 0.2) is 5.82 Å². The molecule has 0 amide bonds. The summed E-state index contributed by atoms with van der Waals surface area (Å²) in [5, 5.41) is -0.678. The van der Waals surface area contributed by atoms with E-state index < -0.39 is 20.9 Å². The van der Waals surface area contributed by atoms with Crippen molar-refractivity contribution in [3.63, 3.8) is 0 Å². The van der Waals surface area contributed by atoms with E-state index in [0.29, 0.717) is 19.5 Å². The number of halogens is 4. The molecule has 0 aromatic heterocycles. The Bertz CT molecular complexity index is 627. The largest absolute Gasteiger partial charge is 0.327 e. The number of nitrogens with zero attached hydrogens (tertiary/aromatic N) is 1. The highest BCUT2D eigenvalue weighted by molar-refractivity contribution is 7.89. The Hall–Kier alpha value is -0.110. The number of hydrogen-bond acceptors (Lipinski definition) is 3. The van der Waals surface area contributed by atoms with Crippen LogP contribution >= 0.6 is 35.6 Å². The molecule has 1 saturated heterocycles. The molecule has 2 atom stereocenters. The Balaban J connectivity index is 0.00000220. The first-order valence-corrected chi connectivity index (χ1v) is 8.34. The van der Waals surface area contributed by atoms with Gasteiger partial charge in [-0.3, -0.25) is 0 Å². The monoisotopic (exact) mass is 376 g/mol. The highest BCUT2D eigenvalue weighted by Gasteiger charge is 2.34. The van der Waals surface area contributed by atoms with Crippen molar-refractivity contribution >= 4 is 45.6 Å². The van der Waals surface area contributed by atoms with Crippen molar-refractivity contribution in [2.45, 2.75) is 24.3 Å². The zero-order valence-corrected chi connectivity index (χ0v) is 14.4. The van der Waals surface area contributed by atoms with E-state index in [9.17, 15) is 12.8 Å². The fourth-order valence-corrected chi connectivity index (χ4v) is 4.46. The van der Waals surface area contributed by atoms with Crippen LogP contribution in [0.2, 0.25) is 10.0 Å². The summed E-state index contributed by atoms with van der Waals surface area (Å²) in [5.74, 6) is -0.884. The van der Waals surface area contributed by atoms with Crippen LogP contribution in [0.3, 0.4) is 0 Å². The molecular weight excluding hydrogens is 362 g/mol. The maximum Gasteiger partial charge on any atom is 0.244 e. The standard InChI is InChI=1S/C12H15Cl2FN2O2S.ClH/c1-7-6-17(5-4-9(7)16)20(18,19)10-3-2-8(13)12(15)11(10)14;/h2-3,7,9H,4-6,16H2,1H3;1H. The number of sulfonamides is 1. The minimum atomic E-state index is -3.84. The molecule has 0 bridgehead atoms. The summed E-state index contributed by atoms with van der Waals surface area (Å²) >= 11 is 11.4. The smallest absolute Gasteiger partial charge is 0.244 e. The topological polar surface area (TPSA) is 63.4 Å². The van der Waals surface area contributed by atoms with Crippen molar-refractivity contribution in [3.8, 4) is 0 Å². The predicted octanol–water partition coefficient (Wildman–Crippen LogP) is 2.91. The Kier molecular flexibility index (Phi) is 6.29. The zero-order valence-electron chi connectivity index (χ0n) is 11.2. The Morgan fingerprint density at radius 2 is 2.00 bits per heavy atom. The molecule has 2 N–H and O–H groups in total. The van der Waals surface area contributed by atoms with Gasteiger partial charge in [-0.1, -0.05) is 30.1 Å². The van der Waals surface area contributed by atoms with Crippen LogP contribution in [0, 0.1) is 11.7 Å². The first-order chi connectivity index (χ1) is 9.25. The summed E-state index contributed by atoms with van der Waals surface area (Å²) in [4.78, 5) is -0.260. The molecule has 9 heteroatoms. The van der Waals surface area contributed by atoms with Gasteiger partial charge >= 0.3 is 0 Å². The normalized spacial score (nSPS) is 23.7. The van der Waals surface area contributed by atoms with Crippen molar-refractivity contribution in [2.24, 2.45) is 11.7 Å². The number of piperidine rings is 1. The predicted molar refractivity (Wildman–Crippen MR) is 84.2 cm³/mol. The Morgan fingerprint density at radius 1 is 1.38 bits per heavy atom. The van der Waals surface area contributed by atoms with E-state index >= 15 is 0 Å². The second-order valence-electron chi connectivity index (χ2n) is 4.97. The maximum absolute atomic E-state index is 13.7. The first kappa shape index (κ1) is 18.9. The second kappa shape index (κ2) is 6.98. The van der Waals surface area contributed by atoms with E-state index in [4.69, 9.17) is 28.9 Å². The molecule has 4 nitrogen and oxygen atoms in total. The number of rotatable bonds is 2. The summed E-state index contributed by atoms with van der Waals surface area (Å²) in [7, 11) is -3.84. The molecule has 0 aliphatic carbocycles. The third kappa shape index (κ3) is 3.63. The molecule has 1 heterocycles. The lowest BCUT2D eigenvalue weighted by Crippen LogP contribution is -2.48. The summed E-state index contributed by atoms with van der Waals surface area (Å²) in [6.45, 7) is 2.48. The van der Waals surface area contributed by atoms with Crippen LogP contribution in [0.5, 0.6) is 0 Å². The van der Waals surface area contributed by atoms with E-state index in [1.807, 2.05) is 6.92 Å². The van der Waals surface area contributed by atoms with E-state index in [1.54, 1.807) is 0 Å². The lowest BCUT2D eigenvalue weighted by molar-refractivity contribution is 0.250. The van der Waals surface area contributed by atoms with Gasteiger partial charge in [0.1, 0.15) is 4.90 Å². The molecule has 1 aromatic rings. The molecule has 21 heavy (non-hydrogen) atoms. The van der Waals surface area contributed by atoms with Crippen molar-refractivity contribution in [1.29, 1.82) is 0 Å². The van der Waals surface area contributed by atoms with Crippen LogP contribution < -0.4 is 5.73 Å². The molecule has 120 valence electrons. The highest BCUT2D eigenvalue weighted by atomic mass is 35.5. The van der Waals surface area contributed by atoms with Crippen LogP contribution in [0.1, 0.15) is 13.3 Å². The molecule has 1 aliphatic rings. The summed E-state index contributed by atoms with van der Waals surface area (Å²) in [6.07, 6.45) is 0.564. The quantitative estimate of drug-likeness (QED) is 0.806. The van der Waals surface area contributed by atoms with Crippen LogP contribution in [0.25, 0.3) is 0 Å². The summed E-state index contributed by atoms with van der Waals surface area (Å²) in [5.41, 5.74) is 5.87. The van der Waals surface area contributed by atoms with Crippen molar-refractivity contribution in [1.82, 2.24) is 4.31 Å². The van der Waals surface area contributed by atoms with Crippen LogP contribution in [-0.2, 0) is 10.0 Å². The van der Waals surface area contributed by atoms with Crippen LogP contribution in [0.15, 0.2) is 17.0 Å². The summed E-state index contributed by atoms with van der Waals surface area (Å²) in [6, 6.07) is 2.38. The van der Waals surface area contributed by atoms with Crippen LogP contribution in [0.4, 0.5) is 4.39 Å². The van der Waals surface area contributed by atoms with E-state index in [0.717, 1.165) is 0 Å². The molecule has 0 spiro atoms. The molecule has 0 radical (unpaired) electrons. The van der Waals surface area contributed by atoms with Crippen molar-refractivity contribution in [2.75, 3.05) is 13.1 Å². The molecule has 1 fully saturated rings. The highest BCUT2D eigenvalue weighted by Crippen LogP contribution is 2.32. The molecular formula is C12H16Cl3FN2O2S. The Labute approximate surface area is 139 Å². The fraction of sp³-hybridized carbons (Fsp3) is 0.500. The SMILES string of the molecule is CC1CN(S(=O)(=O)c2ccc(Cl)c(F)c2Cl)CCC1N.Cl. The average Bonchev–Trinajstić information content (AvgIpc) is 2.38. The minimum Gasteiger partial charge on any atom is -0.327 e. The molecule has 0 saturated carbocycles. The minimum absolute atomic E-state index is 0. The lowest BCUT2D eigenvalue weighted by Gasteiger charge is -2.34. The van der Waals surface area contributed by atoms with E-state index in [2.05, 4.69) is 0 Å². The van der Waals surface area contributed by atoms with Gasteiger partial charge in [-0.25, -0.2) is 12.8 Å². The fourth-order valence-electron chi connectivity index (χ4n) is 2.19. The molecule has 1 aliphatic heterocycles. The van der Waals surface area contributed by atoms with Gasteiger partial charge in [-0.15, -0.1) is 12.4 Å². The number of nitrogens with two attached hydrogens (primary N) is 1. The second-order valence-corrected chi connectivity index (χ2v) is 7.66. The van der Waals surface area contributed by atoms with Gasteiger partial charge in [0.2, 0.25) is 10.0 Å².